The van der Waals surface area contributed by atoms with Gasteiger partial charge in [0.15, 0.2) is 0 Å². The minimum absolute atomic E-state index is 0.721. The molecule has 74 valence electrons. The third-order valence-corrected chi connectivity index (χ3v) is 1.12. The van der Waals surface area contributed by atoms with Crippen LogP contribution in [0.2, 0.25) is 5.02 Å². The van der Waals surface area contributed by atoms with Crippen LogP contribution in [0, 0.1) is 10.2 Å². The first kappa shape index (κ1) is 12.4. The molecular weight excluding hydrogens is 221 g/mol. The lowest BCUT2D eigenvalue weighted by molar-refractivity contribution is -1.92. The minimum Gasteiger partial charge on any atom is -0.399 e. The maximum absolute atomic E-state index is 8.60. The highest BCUT2D eigenvalue weighted by Gasteiger charge is 1.98. The van der Waals surface area contributed by atoms with Gasteiger partial charge in [-0.25, -0.2) is 0 Å². The molecule has 0 radical (unpaired) electrons. The smallest absolute Gasteiger partial charge is 0.0777 e. The molecule has 13 heavy (non-hydrogen) atoms. The van der Waals surface area contributed by atoms with Crippen molar-refractivity contribution in [3.8, 4) is 0 Å². The van der Waals surface area contributed by atoms with E-state index in [4.69, 9.17) is 36.0 Å². The Kier molecular flexibility index (Phi) is 5.01. The summed E-state index contributed by atoms with van der Waals surface area (Å²) >= 11 is 5.56. The van der Waals surface area contributed by atoms with E-state index in [0.717, 1.165) is 10.7 Å². The first-order chi connectivity index (χ1) is 5.79. The van der Waals surface area contributed by atoms with Gasteiger partial charge >= 0.3 is 0 Å². The van der Waals surface area contributed by atoms with Gasteiger partial charge < -0.3 is 5.73 Å². The van der Waals surface area contributed by atoms with Crippen LogP contribution >= 0.6 is 11.6 Å². The summed E-state index contributed by atoms with van der Waals surface area (Å²) in [6.45, 7) is 0. The molecule has 0 aromatic heterocycles. The van der Waals surface area contributed by atoms with Crippen LogP contribution in [0.5, 0.6) is 0 Å². The van der Waals surface area contributed by atoms with Crippen LogP contribution in [0.4, 0.5) is 5.69 Å². The molecule has 0 aliphatic heterocycles. The molecule has 1 aromatic carbocycles. The Hall–Kier alpha value is -0.560. The van der Waals surface area contributed by atoms with Gasteiger partial charge in [0.2, 0.25) is 0 Å². The largest absolute Gasteiger partial charge is 0.399 e. The van der Waals surface area contributed by atoms with E-state index in [0.29, 0.717) is 0 Å². The van der Waals surface area contributed by atoms with Crippen molar-refractivity contribution in [3.05, 3.63) is 29.3 Å². The standard InChI is InChI=1S/C6H6ClN.ClHO4/c7-5-1-3-6(8)4-2-5;2-1(3,4)5/h1-4H,8H2;(H,2,3,4,5). The molecule has 3 N–H and O–H groups in total. The summed E-state index contributed by atoms with van der Waals surface area (Å²) < 4.78 is 32.7. The molecule has 0 amide bonds. The summed E-state index contributed by atoms with van der Waals surface area (Å²) in [6.07, 6.45) is 0. The first-order valence-electron chi connectivity index (χ1n) is 2.93. The van der Waals surface area contributed by atoms with Gasteiger partial charge in [-0.15, -0.1) is 0 Å². The van der Waals surface area contributed by atoms with Crippen LogP contribution in [-0.4, -0.2) is 4.66 Å². The summed E-state index contributed by atoms with van der Waals surface area (Å²) in [5.41, 5.74) is 6.11. The molecule has 0 bridgehead atoms. The molecule has 0 atom stereocenters. The zero-order valence-electron chi connectivity index (χ0n) is 6.31. The van der Waals surface area contributed by atoms with E-state index in [-0.39, 0.29) is 0 Å². The van der Waals surface area contributed by atoms with E-state index < -0.39 is 10.2 Å². The van der Waals surface area contributed by atoms with Crippen molar-refractivity contribution in [2.75, 3.05) is 5.73 Å². The number of benzene rings is 1. The van der Waals surface area contributed by atoms with E-state index in [1.54, 1.807) is 24.3 Å². The lowest BCUT2D eigenvalue weighted by Crippen LogP contribution is -2.58. The number of nitrogen functional groups attached to an aromatic ring is 1. The fourth-order valence-corrected chi connectivity index (χ4v) is 0.589. The monoisotopic (exact) mass is 227 g/mol. The van der Waals surface area contributed by atoms with Crippen molar-refractivity contribution >= 4 is 17.3 Å². The van der Waals surface area contributed by atoms with Gasteiger partial charge in [0.25, 0.3) is 0 Å². The zero-order chi connectivity index (χ0) is 10.5. The summed E-state index contributed by atoms with van der Waals surface area (Å²) in [7, 11) is -4.69. The molecule has 0 heterocycles. The van der Waals surface area contributed by atoms with Crippen molar-refractivity contribution in [1.82, 2.24) is 0 Å². The highest BCUT2D eigenvalue weighted by Crippen LogP contribution is 2.09. The summed E-state index contributed by atoms with van der Waals surface area (Å²) in [5, 5.41) is 0.721. The van der Waals surface area contributed by atoms with E-state index >= 15 is 0 Å². The third kappa shape index (κ3) is 11.4. The van der Waals surface area contributed by atoms with Gasteiger partial charge in [0.1, 0.15) is 0 Å². The second-order valence-corrected chi connectivity index (χ2v) is 3.18. The van der Waals surface area contributed by atoms with Crippen LogP contribution in [0.1, 0.15) is 0 Å². The average molecular weight is 228 g/mol. The molecule has 1 aromatic rings. The van der Waals surface area contributed by atoms with Gasteiger partial charge in [-0.1, -0.05) is 11.6 Å². The molecule has 0 saturated heterocycles. The molecule has 5 nitrogen and oxygen atoms in total. The van der Waals surface area contributed by atoms with Crippen LogP contribution in [0.25, 0.3) is 0 Å². The quantitative estimate of drug-likeness (QED) is 0.489. The lowest BCUT2D eigenvalue weighted by Gasteiger charge is -2.03. The van der Waals surface area contributed by atoms with Gasteiger partial charge in [0.05, 0.1) is 14.9 Å². The fraction of sp³-hybridized carbons (Fsp3) is 0. The van der Waals surface area contributed by atoms with Gasteiger partial charge in [-0.3, -0.25) is 0 Å². The number of anilines is 1. The summed E-state index contributed by atoms with van der Waals surface area (Å²) in [4.78, 5) is 0. The number of rotatable bonds is 0. The van der Waals surface area contributed by atoms with Crippen molar-refractivity contribution < 1.29 is 28.9 Å². The molecule has 0 fully saturated rings. The topological polar surface area (TPSA) is 115 Å². The second-order valence-electron chi connectivity index (χ2n) is 1.95. The van der Waals surface area contributed by atoms with Crippen LogP contribution in [-0.2, 0) is 0 Å². The number of hydrogen-bond donors (Lipinski definition) is 2. The van der Waals surface area contributed by atoms with E-state index in [1.807, 2.05) is 0 Å². The Morgan fingerprint density at radius 1 is 1.15 bits per heavy atom. The second kappa shape index (κ2) is 5.23. The van der Waals surface area contributed by atoms with E-state index in [9.17, 15) is 0 Å². The normalized spacial score (nSPS) is 10.2. The van der Waals surface area contributed by atoms with Crippen molar-refractivity contribution in [1.29, 1.82) is 0 Å². The molecule has 0 unspecified atom stereocenters. The van der Waals surface area contributed by atoms with Crippen molar-refractivity contribution in [3.63, 3.8) is 0 Å². The summed E-state index contributed by atoms with van der Waals surface area (Å²) in [5.74, 6) is 0. The molecule has 0 aliphatic carbocycles. The van der Waals surface area contributed by atoms with Crippen LogP contribution in [0.3, 0.4) is 0 Å². The molecule has 1 rings (SSSR count). The molecule has 7 heteroatoms. The van der Waals surface area contributed by atoms with Gasteiger partial charge in [-0.2, -0.15) is 14.0 Å². The predicted molar refractivity (Wildman–Crippen MR) is 38.1 cm³/mol. The lowest BCUT2D eigenvalue weighted by atomic mass is 10.3. The Balaban J connectivity index is 0.000000252. The highest BCUT2D eigenvalue weighted by atomic mass is 35.7. The van der Waals surface area contributed by atoms with Crippen LogP contribution in [0.15, 0.2) is 24.3 Å². The fourth-order valence-electron chi connectivity index (χ4n) is 0.463. The molecule has 0 aliphatic rings. The average Bonchev–Trinajstić information content (AvgIpc) is 1.92. The number of hydrogen-bond acceptors (Lipinski definition) is 5. The Morgan fingerprint density at radius 2 is 1.46 bits per heavy atom. The Bertz CT molecular complexity index is 219. The highest BCUT2D eigenvalue weighted by molar-refractivity contribution is 6.30. The Morgan fingerprint density at radius 3 is 1.69 bits per heavy atom. The van der Waals surface area contributed by atoms with Crippen LogP contribution < -0.4 is 19.7 Å². The van der Waals surface area contributed by atoms with Gasteiger partial charge in [0, 0.05) is 10.7 Å². The maximum Gasteiger partial charge on any atom is 0.0777 e. The first-order valence-corrected chi connectivity index (χ1v) is 4.57. The molecule has 0 spiro atoms. The number of halogens is 2. The van der Waals surface area contributed by atoms with Crippen molar-refractivity contribution in [2.24, 2.45) is 0 Å². The van der Waals surface area contributed by atoms with Crippen molar-refractivity contribution in [2.45, 2.75) is 0 Å². The van der Waals surface area contributed by atoms with E-state index in [2.05, 4.69) is 0 Å². The summed E-state index contributed by atoms with van der Waals surface area (Å²) in [6, 6.07) is 7.05. The number of nitrogens with two attached hydrogens (primary N) is 1. The minimum atomic E-state index is -4.69. The molecular formula is C6H7Cl2NO4. The SMILES string of the molecule is Nc1ccc(Cl)cc1.[O-][Cl+3]([O-])([O-])O. The zero-order valence-corrected chi connectivity index (χ0v) is 7.83. The maximum atomic E-state index is 8.60. The molecule has 0 saturated carbocycles. The van der Waals surface area contributed by atoms with E-state index in [1.165, 1.54) is 0 Å². The Labute approximate surface area is 81.7 Å². The van der Waals surface area contributed by atoms with Gasteiger partial charge in [-0.05, 0) is 24.3 Å². The predicted octanol–water partition coefficient (Wildman–Crippen LogP) is -2.20. The third-order valence-electron chi connectivity index (χ3n) is 0.870.